The zero-order valence-corrected chi connectivity index (χ0v) is 14.5. The molecule has 0 aliphatic carbocycles. The normalized spacial score (nSPS) is 11.0. The van der Waals surface area contributed by atoms with Gasteiger partial charge >= 0.3 is 37.7 Å². The summed E-state index contributed by atoms with van der Waals surface area (Å²) in [6.45, 7) is 0. The SMILES string of the molecule is [Ca+2].[O-][P+]([O-])([O-])c1c(Br)ccc(Br)c1Br. The van der Waals surface area contributed by atoms with E-state index >= 15 is 0 Å². The van der Waals surface area contributed by atoms with Gasteiger partial charge in [-0.05, 0) is 59.9 Å². The molecule has 0 aliphatic rings. The van der Waals surface area contributed by atoms with Gasteiger partial charge in [0.2, 0.25) is 0 Å². The van der Waals surface area contributed by atoms with Crippen molar-refractivity contribution in [2.75, 3.05) is 0 Å². The summed E-state index contributed by atoms with van der Waals surface area (Å²) in [5.74, 6) is 0. The van der Waals surface area contributed by atoms with Crippen LogP contribution in [0.15, 0.2) is 25.6 Å². The Morgan fingerprint density at radius 1 is 0.929 bits per heavy atom. The quantitative estimate of drug-likeness (QED) is 0.358. The molecule has 0 amide bonds. The van der Waals surface area contributed by atoms with Crippen molar-refractivity contribution in [2.45, 2.75) is 0 Å². The van der Waals surface area contributed by atoms with Crippen LogP contribution in [0.2, 0.25) is 0 Å². The third-order valence-electron chi connectivity index (χ3n) is 1.29. The monoisotopic (exact) mass is 430 g/mol. The van der Waals surface area contributed by atoms with E-state index in [-0.39, 0.29) is 52.0 Å². The van der Waals surface area contributed by atoms with Crippen LogP contribution < -0.4 is 20.0 Å². The standard InChI is InChI=1S/C6H4Br3O3P.Ca/c7-3-1-2-4(8)6(5(3)9)13(10,11)12;/h1-2H,(H2,10,11,12);/q;+2/p-2. The summed E-state index contributed by atoms with van der Waals surface area (Å²) in [6.07, 6.45) is 0. The van der Waals surface area contributed by atoms with Crippen LogP contribution in [0.4, 0.5) is 0 Å². The molecule has 0 bridgehead atoms. The summed E-state index contributed by atoms with van der Waals surface area (Å²) in [5.41, 5.74) is 0. The average Bonchev–Trinajstić information content (AvgIpc) is 1.95. The van der Waals surface area contributed by atoms with Crippen molar-refractivity contribution in [1.82, 2.24) is 0 Å². The molecule has 0 heterocycles. The minimum atomic E-state index is -4.74. The number of rotatable bonds is 1. The fourth-order valence-corrected chi connectivity index (χ4v) is 4.19. The summed E-state index contributed by atoms with van der Waals surface area (Å²) in [5, 5.41) is -0.262. The van der Waals surface area contributed by atoms with E-state index in [1.54, 1.807) is 6.07 Å². The van der Waals surface area contributed by atoms with Crippen LogP contribution in [-0.2, 0) is 0 Å². The van der Waals surface area contributed by atoms with Gasteiger partial charge in [0.05, 0.1) is 8.95 Å². The average molecular weight is 433 g/mol. The molecule has 0 saturated heterocycles. The third-order valence-corrected chi connectivity index (χ3v) is 5.60. The predicted octanol–water partition coefficient (Wildman–Crippen LogP) is 0.0621. The minimum Gasteiger partial charge on any atom is -0.683 e. The van der Waals surface area contributed by atoms with Gasteiger partial charge in [-0.2, -0.15) is 0 Å². The van der Waals surface area contributed by atoms with E-state index in [0.717, 1.165) is 0 Å². The Morgan fingerprint density at radius 2 is 1.36 bits per heavy atom. The van der Waals surface area contributed by atoms with E-state index in [2.05, 4.69) is 47.8 Å². The van der Waals surface area contributed by atoms with Crippen LogP contribution in [0.1, 0.15) is 0 Å². The number of hydrogen-bond donors (Lipinski definition) is 0. The second-order valence-corrected chi connectivity index (χ2v) is 6.13. The summed E-state index contributed by atoms with van der Waals surface area (Å²) in [7, 11) is -4.74. The molecule has 1 aromatic rings. The van der Waals surface area contributed by atoms with Gasteiger partial charge in [-0.25, -0.2) is 0 Å². The Morgan fingerprint density at radius 3 is 1.71 bits per heavy atom. The molecule has 0 N–H and O–H groups in total. The molecule has 0 aliphatic heterocycles. The summed E-state index contributed by atoms with van der Waals surface area (Å²) in [6, 6.07) is 3.12. The van der Waals surface area contributed by atoms with Crippen molar-refractivity contribution < 1.29 is 14.7 Å². The minimum absolute atomic E-state index is 0. The molecule has 0 aromatic heterocycles. The molecule has 0 spiro atoms. The molecule has 0 fully saturated rings. The molecular weight excluding hydrogens is 431 g/mol. The first-order chi connectivity index (χ1) is 5.84. The van der Waals surface area contributed by atoms with Crippen LogP contribution in [0, 0.1) is 0 Å². The zero-order valence-electron chi connectivity index (χ0n) is 6.67. The number of hydrogen-bond acceptors (Lipinski definition) is 3. The molecule has 14 heavy (non-hydrogen) atoms. The van der Waals surface area contributed by atoms with E-state index in [1.807, 2.05) is 0 Å². The van der Waals surface area contributed by atoms with Crippen molar-refractivity contribution in [3.8, 4) is 0 Å². The van der Waals surface area contributed by atoms with Crippen LogP contribution in [0.5, 0.6) is 0 Å². The Balaban J connectivity index is 0.00000169. The molecule has 0 unspecified atom stereocenters. The molecule has 0 saturated carbocycles. The van der Waals surface area contributed by atoms with E-state index in [4.69, 9.17) is 0 Å². The van der Waals surface area contributed by atoms with Gasteiger partial charge in [0.1, 0.15) is 5.30 Å². The summed E-state index contributed by atoms with van der Waals surface area (Å²) < 4.78 is 1.03. The second-order valence-electron chi connectivity index (χ2n) is 2.19. The molecule has 1 aromatic carbocycles. The Kier molecular flexibility index (Phi) is 7.23. The fraction of sp³-hybridized carbons (Fsp3) is 0. The van der Waals surface area contributed by atoms with Crippen LogP contribution >= 0.6 is 55.7 Å². The third kappa shape index (κ3) is 3.91. The van der Waals surface area contributed by atoms with E-state index in [0.29, 0.717) is 4.47 Å². The Hall–Kier alpha value is 2.23. The van der Waals surface area contributed by atoms with Gasteiger partial charge in [-0.3, -0.25) is 0 Å². The van der Waals surface area contributed by atoms with Crippen molar-refractivity contribution in [1.29, 1.82) is 0 Å². The molecule has 8 heteroatoms. The molecule has 3 nitrogen and oxygen atoms in total. The van der Waals surface area contributed by atoms with Gasteiger partial charge < -0.3 is 14.7 Å². The van der Waals surface area contributed by atoms with E-state index in [1.165, 1.54) is 6.07 Å². The van der Waals surface area contributed by atoms with Crippen molar-refractivity contribution >= 4 is 98.8 Å². The van der Waals surface area contributed by atoms with Gasteiger partial charge in [0.25, 0.3) is 0 Å². The smallest absolute Gasteiger partial charge is 0.683 e. The van der Waals surface area contributed by atoms with Gasteiger partial charge in [0.15, 0.2) is 0 Å². The summed E-state index contributed by atoms with van der Waals surface area (Å²) >= 11 is 9.12. The topological polar surface area (TPSA) is 69.2 Å². The fourth-order valence-electron chi connectivity index (χ4n) is 0.767. The van der Waals surface area contributed by atoms with Crippen molar-refractivity contribution in [3.05, 3.63) is 25.6 Å². The first kappa shape index (κ1) is 16.2. The van der Waals surface area contributed by atoms with Gasteiger partial charge in [-0.15, -0.1) is 7.94 Å². The molecular formula is C6H2Br3CaO3P. The predicted molar refractivity (Wildman–Crippen MR) is 61.9 cm³/mol. The van der Waals surface area contributed by atoms with Crippen LogP contribution in [-0.4, -0.2) is 37.7 Å². The molecule has 72 valence electrons. The zero-order chi connectivity index (χ0) is 10.2. The van der Waals surface area contributed by atoms with E-state index in [9.17, 15) is 14.7 Å². The maximum atomic E-state index is 10.8. The van der Waals surface area contributed by atoms with Gasteiger partial charge in [0, 0.05) is 4.47 Å². The maximum absolute atomic E-state index is 10.8. The van der Waals surface area contributed by atoms with Crippen LogP contribution in [0.25, 0.3) is 0 Å². The maximum Gasteiger partial charge on any atom is 2.00 e. The number of benzene rings is 1. The van der Waals surface area contributed by atoms with Gasteiger partial charge in [-0.1, -0.05) is 0 Å². The first-order valence-corrected chi connectivity index (χ1v) is 6.92. The van der Waals surface area contributed by atoms with Crippen molar-refractivity contribution in [3.63, 3.8) is 0 Å². The Bertz CT molecular complexity index is 342. The first-order valence-electron chi connectivity index (χ1n) is 3.00. The number of halogens is 3. The Labute approximate surface area is 137 Å². The van der Waals surface area contributed by atoms with E-state index < -0.39 is 7.94 Å². The van der Waals surface area contributed by atoms with Crippen LogP contribution in [0.3, 0.4) is 0 Å². The van der Waals surface area contributed by atoms with Crippen molar-refractivity contribution in [2.24, 2.45) is 0 Å². The molecule has 0 atom stereocenters. The molecule has 0 radical (unpaired) electrons. The largest absolute Gasteiger partial charge is 2.00 e. The second kappa shape index (κ2) is 6.24. The molecule has 1 rings (SSSR count). The summed E-state index contributed by atoms with van der Waals surface area (Å²) in [4.78, 5) is 32.5.